The molecule has 3 heterocycles. The highest BCUT2D eigenvalue weighted by Crippen LogP contribution is 2.45. The molecule has 3 aromatic heterocycles. The summed E-state index contributed by atoms with van der Waals surface area (Å²) in [5.74, 6) is 0. The van der Waals surface area contributed by atoms with Gasteiger partial charge in [0.15, 0.2) is 0 Å². The van der Waals surface area contributed by atoms with Crippen molar-refractivity contribution in [1.29, 1.82) is 0 Å². The first kappa shape index (κ1) is 36.5. The molecule has 0 aliphatic rings. The predicted molar refractivity (Wildman–Crippen MR) is 278 cm³/mol. The Balaban J connectivity index is 0.846. The summed E-state index contributed by atoms with van der Waals surface area (Å²) in [6.45, 7) is 0. The molecule has 0 amide bonds. The van der Waals surface area contributed by atoms with Gasteiger partial charge in [-0.15, -0.1) is 34.0 Å². The van der Waals surface area contributed by atoms with Gasteiger partial charge in [0, 0.05) is 60.5 Å². The third kappa shape index (κ3) is 6.23. The molecule has 10 aromatic carbocycles. The van der Waals surface area contributed by atoms with Gasteiger partial charge in [0.25, 0.3) is 0 Å². The van der Waals surface area contributed by atoms with Crippen molar-refractivity contribution >= 4 is 94.5 Å². The first-order chi connectivity index (χ1) is 31.2. The van der Waals surface area contributed by atoms with Crippen LogP contribution in [0.15, 0.2) is 218 Å². The molecule has 0 fully saturated rings. The molecule has 0 radical (unpaired) electrons. The van der Waals surface area contributed by atoms with Gasteiger partial charge in [-0.05, 0) is 127 Å². The van der Waals surface area contributed by atoms with Crippen LogP contribution in [0, 0.1) is 0 Å². The van der Waals surface area contributed by atoms with Crippen molar-refractivity contribution in [3.8, 4) is 66.8 Å². The van der Waals surface area contributed by atoms with Crippen molar-refractivity contribution in [2.45, 2.75) is 0 Å². The van der Waals surface area contributed by atoms with Crippen LogP contribution in [0.5, 0.6) is 0 Å². The van der Waals surface area contributed by atoms with Crippen LogP contribution in [-0.4, -0.2) is 0 Å². The van der Waals surface area contributed by atoms with Crippen molar-refractivity contribution in [1.82, 2.24) is 0 Å². The van der Waals surface area contributed by atoms with E-state index in [2.05, 4.69) is 218 Å². The van der Waals surface area contributed by atoms with Crippen molar-refractivity contribution < 1.29 is 0 Å². The van der Waals surface area contributed by atoms with Crippen LogP contribution in [0.2, 0.25) is 0 Å². The van der Waals surface area contributed by atoms with E-state index in [1.54, 1.807) is 0 Å². The van der Waals surface area contributed by atoms with E-state index in [1.807, 2.05) is 34.0 Å². The minimum Gasteiger partial charge on any atom is -0.135 e. The molecule has 0 nitrogen and oxygen atoms in total. The molecule has 13 aromatic rings. The van der Waals surface area contributed by atoms with Gasteiger partial charge in [0.1, 0.15) is 0 Å². The van der Waals surface area contributed by atoms with Crippen LogP contribution in [0.1, 0.15) is 0 Å². The van der Waals surface area contributed by atoms with E-state index in [1.165, 1.54) is 127 Å². The zero-order chi connectivity index (χ0) is 41.4. The zero-order valence-corrected chi connectivity index (χ0v) is 36.5. The topological polar surface area (TPSA) is 0 Å². The van der Waals surface area contributed by atoms with Crippen LogP contribution < -0.4 is 0 Å². The third-order valence-corrected chi connectivity index (χ3v) is 16.3. The van der Waals surface area contributed by atoms with Gasteiger partial charge >= 0.3 is 0 Å². The number of benzene rings is 10. The Labute approximate surface area is 377 Å². The van der Waals surface area contributed by atoms with Gasteiger partial charge in [-0.25, -0.2) is 0 Å². The van der Waals surface area contributed by atoms with Gasteiger partial charge in [-0.2, -0.15) is 0 Å². The fraction of sp³-hybridized carbons (Fsp3) is 0. The van der Waals surface area contributed by atoms with E-state index in [0.29, 0.717) is 0 Å². The van der Waals surface area contributed by atoms with Crippen LogP contribution in [0.3, 0.4) is 0 Å². The van der Waals surface area contributed by atoms with Gasteiger partial charge in [-0.3, -0.25) is 0 Å². The second kappa shape index (κ2) is 14.8. The summed E-state index contributed by atoms with van der Waals surface area (Å²) >= 11 is 5.65. The Morgan fingerprint density at radius 3 is 0.937 bits per heavy atom. The molecular formula is C60H36S3. The zero-order valence-electron chi connectivity index (χ0n) is 34.0. The van der Waals surface area contributed by atoms with E-state index in [-0.39, 0.29) is 0 Å². The molecule has 0 spiro atoms. The van der Waals surface area contributed by atoms with E-state index in [0.717, 1.165) is 0 Å². The maximum atomic E-state index is 2.37. The van der Waals surface area contributed by atoms with Crippen LogP contribution >= 0.6 is 34.0 Å². The lowest BCUT2D eigenvalue weighted by atomic mass is 9.94. The Morgan fingerprint density at radius 1 is 0.190 bits per heavy atom. The lowest BCUT2D eigenvalue weighted by Gasteiger charge is -2.10. The number of hydrogen-bond donors (Lipinski definition) is 0. The summed E-state index contributed by atoms with van der Waals surface area (Å²) in [7, 11) is 0. The van der Waals surface area contributed by atoms with Gasteiger partial charge < -0.3 is 0 Å². The molecule has 13 rings (SSSR count). The number of fused-ring (bicyclic) bond motifs is 9. The maximum Gasteiger partial charge on any atom is 0.0434 e. The number of thiophene rings is 3. The largest absolute Gasteiger partial charge is 0.135 e. The summed E-state index contributed by atoms with van der Waals surface area (Å²) in [4.78, 5) is 0. The second-order valence-electron chi connectivity index (χ2n) is 16.4. The summed E-state index contributed by atoms with van der Waals surface area (Å²) in [5.41, 5.74) is 14.8. The van der Waals surface area contributed by atoms with E-state index in [4.69, 9.17) is 0 Å². The van der Waals surface area contributed by atoms with Crippen molar-refractivity contribution in [3.63, 3.8) is 0 Å². The molecule has 0 N–H and O–H groups in total. The minimum absolute atomic E-state index is 1.22. The minimum atomic E-state index is 1.22. The van der Waals surface area contributed by atoms with E-state index in [9.17, 15) is 0 Å². The summed E-state index contributed by atoms with van der Waals surface area (Å²) < 4.78 is 7.98. The third-order valence-electron chi connectivity index (χ3n) is 12.7. The molecule has 0 saturated carbocycles. The first-order valence-corrected chi connectivity index (χ1v) is 23.8. The lowest BCUT2D eigenvalue weighted by molar-refractivity contribution is 1.59. The molecule has 0 unspecified atom stereocenters. The number of hydrogen-bond acceptors (Lipinski definition) is 3. The monoisotopic (exact) mass is 852 g/mol. The molecule has 0 bridgehead atoms. The second-order valence-corrected chi connectivity index (χ2v) is 19.6. The molecule has 0 saturated heterocycles. The normalized spacial score (nSPS) is 11.8. The fourth-order valence-corrected chi connectivity index (χ4v) is 13.1. The van der Waals surface area contributed by atoms with Crippen LogP contribution in [-0.2, 0) is 0 Å². The predicted octanol–water partition coefficient (Wildman–Crippen LogP) is 18.8. The Bertz CT molecular complexity index is 3680. The Morgan fingerprint density at radius 2 is 0.508 bits per heavy atom. The quantitative estimate of drug-likeness (QED) is 0.156. The summed E-state index contributed by atoms with van der Waals surface area (Å²) in [5, 5.41) is 7.93. The van der Waals surface area contributed by atoms with Gasteiger partial charge in [0.05, 0.1) is 0 Å². The summed E-state index contributed by atoms with van der Waals surface area (Å²) in [6, 6.07) is 81.1. The molecule has 0 aliphatic heterocycles. The number of rotatable bonds is 6. The van der Waals surface area contributed by atoms with Gasteiger partial charge in [0.2, 0.25) is 0 Å². The van der Waals surface area contributed by atoms with Crippen molar-refractivity contribution in [2.75, 3.05) is 0 Å². The average Bonchev–Trinajstić information content (AvgIpc) is 4.05. The smallest absolute Gasteiger partial charge is 0.0434 e. The highest BCUT2D eigenvalue weighted by molar-refractivity contribution is 7.27. The Hall–Kier alpha value is -7.14. The highest BCUT2D eigenvalue weighted by Gasteiger charge is 2.16. The lowest BCUT2D eigenvalue weighted by Crippen LogP contribution is -1.84. The maximum absolute atomic E-state index is 2.37. The molecule has 63 heavy (non-hydrogen) atoms. The van der Waals surface area contributed by atoms with E-state index < -0.39 is 0 Å². The first-order valence-electron chi connectivity index (χ1n) is 21.4. The summed E-state index contributed by atoms with van der Waals surface area (Å²) in [6.07, 6.45) is 0. The van der Waals surface area contributed by atoms with Gasteiger partial charge in [-0.1, -0.05) is 158 Å². The molecule has 0 atom stereocenters. The molecule has 294 valence electrons. The molecular weight excluding hydrogens is 817 g/mol. The van der Waals surface area contributed by atoms with Crippen molar-refractivity contribution in [3.05, 3.63) is 218 Å². The Kier molecular flexibility index (Phi) is 8.55. The van der Waals surface area contributed by atoms with Crippen molar-refractivity contribution in [2.24, 2.45) is 0 Å². The highest BCUT2D eigenvalue weighted by atomic mass is 32.1. The fourth-order valence-electron chi connectivity index (χ4n) is 9.58. The van der Waals surface area contributed by atoms with Crippen LogP contribution in [0.25, 0.3) is 127 Å². The SMILES string of the molecule is c1cc(-c2cccc(-c3cccc4c3sc3c(-c5cccc(-c6cccc(-c7ccc8sc9ccccc9c8c7)c6)c5)cccc34)c2)cc(-c2ccc3sc4ccccc4c3c2)c1. The van der Waals surface area contributed by atoms with Crippen LogP contribution in [0.4, 0.5) is 0 Å². The average molecular weight is 853 g/mol. The molecule has 0 aliphatic carbocycles. The van der Waals surface area contributed by atoms with E-state index >= 15 is 0 Å². The molecule has 3 heteroatoms. The standard InChI is InChI=1S/C60H36S3/c1-3-25-55-49(19-1)53-35-43(27-29-57(53)61-55)39-13-5-11-37(31-39)41-15-7-17-45(33-41)47-21-9-23-51-52-24-10-22-48(60(52)63-59(47)51)46-18-8-16-42(34-46)38-12-6-14-40(32-38)44-28-30-58-54(36-44)50-20-2-4-26-56(50)62-58/h1-36H.